The zero-order valence-electron chi connectivity index (χ0n) is 49.2. The maximum absolute atomic E-state index is 14.8. The summed E-state index contributed by atoms with van der Waals surface area (Å²) in [5.74, 6) is -0.724. The van der Waals surface area contributed by atoms with E-state index in [1.807, 2.05) is 0 Å². The first-order chi connectivity index (χ1) is 35.1. The molecule has 0 aliphatic carbocycles. The highest BCUT2D eigenvalue weighted by Crippen LogP contribution is 2.54. The van der Waals surface area contributed by atoms with Crippen LogP contribution in [0, 0.1) is 11.8 Å². The molecule has 0 aromatic rings. The van der Waals surface area contributed by atoms with Crippen LogP contribution in [0.25, 0.3) is 0 Å². The fraction of sp³-hybridized carbons (Fsp3) is 0.914. The molecule has 9 unspecified atom stereocenters. The Bertz CT molecular complexity index is 1910. The molecule has 75 heavy (non-hydrogen) atoms. The molecule has 8 heterocycles. The van der Waals surface area contributed by atoms with Gasteiger partial charge in [-0.2, -0.15) is 0 Å². The van der Waals surface area contributed by atoms with Crippen molar-refractivity contribution in [2.24, 2.45) is 11.8 Å². The van der Waals surface area contributed by atoms with Crippen molar-refractivity contribution < 1.29 is 61.1 Å². The van der Waals surface area contributed by atoms with E-state index in [2.05, 4.69) is 125 Å². The van der Waals surface area contributed by atoms with Crippen LogP contribution in [-0.4, -0.2) is 154 Å². The molecule has 8 fully saturated rings. The number of methoxy groups -OCH3 is 1. The average Bonchev–Trinajstić information content (AvgIpc) is 3.89. The summed E-state index contributed by atoms with van der Waals surface area (Å²) in [6, 6.07) is 3.45. The number of hydrogen-bond donors (Lipinski definition) is 1. The number of ketones is 1. The molecule has 0 amide bonds. The Morgan fingerprint density at radius 2 is 1.48 bits per heavy atom. The normalized spacial score (nSPS) is 36.9. The number of rotatable bonds is 27. The average molecular weight is 1170 g/mol. The number of Topliss-reactive ketones (excluding diaryl/α,β-unsaturated/α-hetero) is 1. The molecule has 13 nitrogen and oxygen atoms in total. The van der Waals surface area contributed by atoms with Crippen LogP contribution in [0.4, 0.5) is 0 Å². The highest BCUT2D eigenvalue weighted by molar-refractivity contribution is 9.11. The smallest absolute Gasteiger partial charge is 0.192 e. The topological polar surface area (TPSA) is 139 Å². The third-order valence-corrected chi connectivity index (χ3v) is 33.9. The van der Waals surface area contributed by atoms with Gasteiger partial charge in [0.1, 0.15) is 36.3 Å². The Kier molecular flexibility index (Phi) is 20.9. The second-order valence-corrected chi connectivity index (χ2v) is 42.5. The lowest BCUT2D eigenvalue weighted by molar-refractivity contribution is -0.292. The van der Waals surface area contributed by atoms with Crippen molar-refractivity contribution in [2.45, 2.75) is 304 Å². The number of hydrogen-bond acceptors (Lipinski definition) is 13. The number of carbonyl (C=O) groups excluding carboxylic acids is 1. The molecule has 8 aliphatic heterocycles. The first-order valence-corrected chi connectivity index (χ1v) is 38.5. The van der Waals surface area contributed by atoms with Gasteiger partial charge in [0.05, 0.1) is 67.6 Å². The van der Waals surface area contributed by atoms with E-state index < -0.39 is 49.1 Å². The highest BCUT2D eigenvalue weighted by Gasteiger charge is 2.69. The Balaban J connectivity index is 1.08. The molecule has 0 saturated carbocycles. The van der Waals surface area contributed by atoms with Gasteiger partial charge in [0, 0.05) is 64.6 Å². The number of halogens is 1. The molecule has 8 rings (SSSR count). The van der Waals surface area contributed by atoms with Crippen LogP contribution in [0.5, 0.6) is 0 Å². The largest absolute Gasteiger partial charge is 0.417 e. The van der Waals surface area contributed by atoms with Crippen LogP contribution >= 0.6 is 15.9 Å². The van der Waals surface area contributed by atoms with Gasteiger partial charge in [-0.3, -0.25) is 4.79 Å². The first kappa shape index (κ1) is 62.4. The molecule has 0 aromatic heterocycles. The van der Waals surface area contributed by atoms with E-state index in [9.17, 15) is 9.90 Å². The summed E-state index contributed by atoms with van der Waals surface area (Å²) < 4.78 is 76.5. The van der Waals surface area contributed by atoms with Crippen LogP contribution in [0.3, 0.4) is 0 Å². The number of fused-ring (bicyclic) bond motifs is 1. The summed E-state index contributed by atoms with van der Waals surface area (Å²) in [5, 5.41) is 10.8. The minimum atomic E-state index is -2.25. The van der Waals surface area contributed by atoms with Gasteiger partial charge in [0.25, 0.3) is 0 Å². The second-order valence-electron chi connectivity index (χ2n) is 27.0. The third-order valence-electron chi connectivity index (χ3n) is 19.8. The first-order valence-electron chi connectivity index (χ1n) is 29.4. The van der Waals surface area contributed by atoms with Crippen molar-refractivity contribution in [1.29, 1.82) is 0 Å². The molecule has 0 radical (unpaired) electrons. The lowest BCUT2D eigenvalue weighted by atomic mass is 9.81. The standard InChI is InChI=1S/C58H103BrO13Si3/c1-18-75(19-2,20-3)63-27-21-22-41-28-36(4)38(6)46(65-41)33-47-44(50(62-13)48(67-47)32-43(72-74(16,17)57(10,11)12)35-64-73(14,15)56(7,8)9)31-40(61)30-42-23-24-45-51(66-42)55-54-53(68-45)52-49(69-54)34-58(70-52,71-55)26-25-39(60)29-37(5)59/h36,39,41-55,60H,5-6,18-35H2,1-4,7-17H3/t36?,39-,41+,42-,43?,44?,45?,46-,47?,48?,49?,50-,51+,52?,53+,54-,55?,58+/m1/s1. The molecule has 432 valence electrons. The summed E-state index contributed by atoms with van der Waals surface area (Å²) in [7, 11) is -4.29. The van der Waals surface area contributed by atoms with Crippen molar-refractivity contribution in [2.75, 3.05) is 20.3 Å². The minimum absolute atomic E-state index is 0.00816. The predicted molar refractivity (Wildman–Crippen MR) is 306 cm³/mol. The molecule has 18 atom stereocenters. The highest BCUT2D eigenvalue weighted by atomic mass is 79.9. The second kappa shape index (κ2) is 25.1. The van der Waals surface area contributed by atoms with E-state index in [1.54, 1.807) is 7.11 Å². The van der Waals surface area contributed by atoms with E-state index in [1.165, 1.54) is 0 Å². The maximum Gasteiger partial charge on any atom is 0.192 e. The van der Waals surface area contributed by atoms with E-state index in [-0.39, 0.29) is 108 Å². The van der Waals surface area contributed by atoms with Crippen molar-refractivity contribution >= 4 is 46.7 Å². The van der Waals surface area contributed by atoms with Crippen LogP contribution in [0.15, 0.2) is 23.2 Å². The zero-order chi connectivity index (χ0) is 55.1. The van der Waals surface area contributed by atoms with Crippen LogP contribution < -0.4 is 0 Å². The lowest BCUT2D eigenvalue weighted by Gasteiger charge is -2.47. The molecule has 0 spiro atoms. The summed E-state index contributed by atoms with van der Waals surface area (Å²) in [5.41, 5.74) is 1.09. The molecule has 6 bridgehead atoms. The van der Waals surface area contributed by atoms with Crippen molar-refractivity contribution in [3.05, 3.63) is 23.2 Å². The Morgan fingerprint density at radius 1 is 0.827 bits per heavy atom. The molecule has 17 heteroatoms. The van der Waals surface area contributed by atoms with Gasteiger partial charge in [-0.05, 0) is 109 Å². The minimum Gasteiger partial charge on any atom is -0.417 e. The van der Waals surface area contributed by atoms with E-state index >= 15 is 0 Å². The summed E-state index contributed by atoms with van der Waals surface area (Å²) in [4.78, 5) is 14.8. The number of aliphatic hydroxyl groups excluding tert-OH is 1. The molecule has 0 aromatic carbocycles. The summed E-state index contributed by atoms with van der Waals surface area (Å²) >= 11 is 3.40. The quantitative estimate of drug-likeness (QED) is 0.0475. The van der Waals surface area contributed by atoms with E-state index in [4.69, 9.17) is 51.2 Å². The van der Waals surface area contributed by atoms with Crippen LogP contribution in [0.1, 0.15) is 153 Å². The zero-order valence-corrected chi connectivity index (χ0v) is 53.8. The van der Waals surface area contributed by atoms with Gasteiger partial charge in [-0.25, -0.2) is 0 Å². The van der Waals surface area contributed by atoms with E-state index in [0.717, 1.165) is 60.5 Å². The maximum atomic E-state index is 14.8. The Hall–Kier alpha value is -0.199. The third kappa shape index (κ3) is 14.5. The molecule has 1 N–H and O–H groups in total. The monoisotopic (exact) mass is 1170 g/mol. The Morgan fingerprint density at radius 3 is 2.12 bits per heavy atom. The molecular formula is C58H103BrO13Si3. The molecule has 8 aliphatic rings. The SMILES string of the molecule is C=C(Br)C[C@H](O)CC[C@@]12CC3O[C@H]4C(O1)[C@H]1O[C@@H](CC(=O)CC5C(C[C@H]6O[C@@H](CCCO[Si](CC)(CC)CC)CC(C)C6=C)OC(CC(CO[Si](C)(C)C(C)(C)C)O[Si](C)(C)C(C)(C)C)[C@@H]5OC)CCC1O[C@H]4C3O2. The number of carbonyl (C=O) groups is 1. The van der Waals surface area contributed by atoms with Gasteiger partial charge in [-0.15, -0.1) is 0 Å². The number of ether oxygens (including phenoxy) is 8. The van der Waals surface area contributed by atoms with Crippen LogP contribution in [0.2, 0.25) is 54.4 Å². The van der Waals surface area contributed by atoms with Crippen LogP contribution in [-0.2, 0) is 56.0 Å². The fourth-order valence-corrected chi connectivity index (χ4v) is 18.3. The number of aliphatic hydroxyl groups is 1. The summed E-state index contributed by atoms with van der Waals surface area (Å²) in [6.07, 6.45) is 3.86. The lowest BCUT2D eigenvalue weighted by Crippen LogP contribution is -2.61. The molecule has 8 saturated heterocycles. The van der Waals surface area contributed by atoms with Gasteiger partial charge in [-0.1, -0.05) is 98.3 Å². The van der Waals surface area contributed by atoms with Gasteiger partial charge in [0.2, 0.25) is 0 Å². The molecular weight excluding hydrogens is 1070 g/mol. The van der Waals surface area contributed by atoms with Crippen molar-refractivity contribution in [3.63, 3.8) is 0 Å². The van der Waals surface area contributed by atoms with Gasteiger partial charge < -0.3 is 56.3 Å². The summed E-state index contributed by atoms with van der Waals surface area (Å²) in [6.45, 7) is 41.8. The van der Waals surface area contributed by atoms with Crippen molar-refractivity contribution in [1.82, 2.24) is 0 Å². The van der Waals surface area contributed by atoms with Gasteiger partial charge >= 0.3 is 0 Å². The Labute approximate surface area is 465 Å². The fourth-order valence-electron chi connectivity index (χ4n) is 12.9. The van der Waals surface area contributed by atoms with Gasteiger partial charge in [0.15, 0.2) is 30.7 Å². The predicted octanol–water partition coefficient (Wildman–Crippen LogP) is 12.5. The van der Waals surface area contributed by atoms with Crippen molar-refractivity contribution in [3.8, 4) is 0 Å². The van der Waals surface area contributed by atoms with E-state index in [0.29, 0.717) is 57.5 Å².